The lowest BCUT2D eigenvalue weighted by Gasteiger charge is -2.08. The van der Waals surface area contributed by atoms with Gasteiger partial charge in [-0.3, -0.25) is 0 Å². The molecule has 3 heteroatoms. The molecule has 0 heterocycles. The van der Waals surface area contributed by atoms with Gasteiger partial charge in [0.1, 0.15) is 5.75 Å². The first-order valence-corrected chi connectivity index (χ1v) is 4.80. The van der Waals surface area contributed by atoms with Crippen LogP contribution in [0, 0.1) is 11.3 Å². The molecule has 0 aliphatic carbocycles. The molecular formula is C13H10N2O. The third kappa shape index (κ3) is 1.69. The molecule has 0 bridgehead atoms. The van der Waals surface area contributed by atoms with Crippen molar-refractivity contribution in [2.45, 2.75) is 0 Å². The zero-order chi connectivity index (χ0) is 11.5. The van der Waals surface area contributed by atoms with Crippen molar-refractivity contribution in [1.82, 2.24) is 0 Å². The van der Waals surface area contributed by atoms with Crippen LogP contribution in [-0.2, 0) is 0 Å². The Balaban J connectivity index is 2.64. The van der Waals surface area contributed by atoms with Gasteiger partial charge in [0.2, 0.25) is 0 Å². The number of nitrogen functional groups attached to an aromatic ring is 1. The van der Waals surface area contributed by atoms with E-state index in [-0.39, 0.29) is 5.75 Å². The van der Waals surface area contributed by atoms with Gasteiger partial charge in [0.15, 0.2) is 0 Å². The van der Waals surface area contributed by atoms with Crippen LogP contribution < -0.4 is 5.73 Å². The van der Waals surface area contributed by atoms with E-state index in [1.54, 1.807) is 36.4 Å². The molecule has 0 saturated heterocycles. The first-order valence-electron chi connectivity index (χ1n) is 4.80. The van der Waals surface area contributed by atoms with Gasteiger partial charge >= 0.3 is 0 Å². The average Bonchev–Trinajstić information content (AvgIpc) is 2.29. The Bertz CT molecular complexity index is 550. The van der Waals surface area contributed by atoms with Crippen LogP contribution in [0.4, 0.5) is 5.69 Å². The molecule has 78 valence electrons. The van der Waals surface area contributed by atoms with Crippen molar-refractivity contribution >= 4 is 5.69 Å². The lowest BCUT2D eigenvalue weighted by atomic mass is 10.0. The van der Waals surface area contributed by atoms with Crippen LogP contribution in [0.5, 0.6) is 5.75 Å². The number of nitrogens with zero attached hydrogens (tertiary/aromatic N) is 1. The standard InChI is InChI=1S/C13H10N2O/c14-8-9-3-1-4-10(7-9)13-11(15)5-2-6-12(13)16/h1-7,16H,15H2. The zero-order valence-corrected chi connectivity index (χ0v) is 8.51. The summed E-state index contributed by atoms with van der Waals surface area (Å²) in [5.41, 5.74) is 8.15. The van der Waals surface area contributed by atoms with Crippen molar-refractivity contribution in [2.75, 3.05) is 5.73 Å². The molecule has 3 N–H and O–H groups in total. The normalized spacial score (nSPS) is 9.69. The van der Waals surface area contributed by atoms with E-state index in [4.69, 9.17) is 11.0 Å². The summed E-state index contributed by atoms with van der Waals surface area (Å²) in [7, 11) is 0. The molecule has 0 amide bonds. The molecule has 2 aromatic carbocycles. The van der Waals surface area contributed by atoms with Crippen molar-refractivity contribution in [3.8, 4) is 22.9 Å². The van der Waals surface area contributed by atoms with Crippen molar-refractivity contribution in [3.63, 3.8) is 0 Å². The Morgan fingerprint density at radius 1 is 1.12 bits per heavy atom. The minimum absolute atomic E-state index is 0.120. The number of nitriles is 1. The second kappa shape index (κ2) is 3.95. The highest BCUT2D eigenvalue weighted by atomic mass is 16.3. The van der Waals surface area contributed by atoms with Gasteiger partial charge in [-0.25, -0.2) is 0 Å². The smallest absolute Gasteiger partial charge is 0.125 e. The maximum atomic E-state index is 9.75. The minimum atomic E-state index is 0.120. The zero-order valence-electron chi connectivity index (χ0n) is 8.51. The van der Waals surface area contributed by atoms with Crippen molar-refractivity contribution in [3.05, 3.63) is 48.0 Å². The molecule has 0 saturated carbocycles. The summed E-state index contributed by atoms with van der Waals surface area (Å²) < 4.78 is 0. The number of hydrogen-bond donors (Lipinski definition) is 2. The van der Waals surface area contributed by atoms with Gasteiger partial charge < -0.3 is 10.8 Å². The summed E-state index contributed by atoms with van der Waals surface area (Å²) in [6.45, 7) is 0. The second-order valence-electron chi connectivity index (χ2n) is 3.43. The molecule has 0 aliphatic heterocycles. The highest BCUT2D eigenvalue weighted by molar-refractivity contribution is 5.82. The van der Waals surface area contributed by atoms with Gasteiger partial charge in [0.05, 0.1) is 11.6 Å². The maximum absolute atomic E-state index is 9.75. The van der Waals surface area contributed by atoms with Crippen molar-refractivity contribution in [1.29, 1.82) is 5.26 Å². The van der Waals surface area contributed by atoms with Gasteiger partial charge in [-0.1, -0.05) is 18.2 Å². The molecule has 0 aromatic heterocycles. The van der Waals surface area contributed by atoms with E-state index in [1.165, 1.54) is 0 Å². The summed E-state index contributed by atoms with van der Waals surface area (Å²) >= 11 is 0. The van der Waals surface area contributed by atoms with Crippen LogP contribution in [0.3, 0.4) is 0 Å². The fourth-order valence-corrected chi connectivity index (χ4v) is 1.62. The SMILES string of the molecule is N#Cc1cccc(-c2c(N)cccc2O)c1. The van der Waals surface area contributed by atoms with E-state index < -0.39 is 0 Å². The molecule has 0 spiro atoms. The lowest BCUT2D eigenvalue weighted by Crippen LogP contribution is -1.90. The molecule has 0 atom stereocenters. The second-order valence-corrected chi connectivity index (χ2v) is 3.43. The minimum Gasteiger partial charge on any atom is -0.507 e. The summed E-state index contributed by atoms with van der Waals surface area (Å²) in [5, 5.41) is 18.5. The molecule has 16 heavy (non-hydrogen) atoms. The highest BCUT2D eigenvalue weighted by Gasteiger charge is 2.08. The number of aromatic hydroxyl groups is 1. The van der Waals surface area contributed by atoms with E-state index >= 15 is 0 Å². The average molecular weight is 210 g/mol. The Kier molecular flexibility index (Phi) is 2.49. The van der Waals surface area contributed by atoms with E-state index in [1.807, 2.05) is 6.07 Å². The van der Waals surface area contributed by atoms with Gasteiger partial charge in [-0.05, 0) is 29.8 Å². The Morgan fingerprint density at radius 2 is 1.88 bits per heavy atom. The quantitative estimate of drug-likeness (QED) is 0.710. The van der Waals surface area contributed by atoms with Gasteiger partial charge in [0.25, 0.3) is 0 Å². The van der Waals surface area contributed by atoms with Crippen molar-refractivity contribution < 1.29 is 5.11 Å². The summed E-state index contributed by atoms with van der Waals surface area (Å²) in [6.07, 6.45) is 0. The highest BCUT2D eigenvalue weighted by Crippen LogP contribution is 2.34. The fourth-order valence-electron chi connectivity index (χ4n) is 1.62. The number of phenols is 1. The Morgan fingerprint density at radius 3 is 2.56 bits per heavy atom. The molecular weight excluding hydrogens is 200 g/mol. The molecule has 2 rings (SSSR count). The summed E-state index contributed by atoms with van der Waals surface area (Å²) in [4.78, 5) is 0. The topological polar surface area (TPSA) is 70.0 Å². The third-order valence-corrected chi connectivity index (χ3v) is 2.36. The van der Waals surface area contributed by atoms with Crippen LogP contribution in [0.1, 0.15) is 5.56 Å². The van der Waals surface area contributed by atoms with E-state index in [0.29, 0.717) is 16.8 Å². The largest absolute Gasteiger partial charge is 0.507 e. The predicted octanol–water partition coefficient (Wildman–Crippen LogP) is 2.51. The molecule has 2 aromatic rings. The predicted molar refractivity (Wildman–Crippen MR) is 62.7 cm³/mol. The lowest BCUT2D eigenvalue weighted by molar-refractivity contribution is 0.477. The monoisotopic (exact) mass is 210 g/mol. The van der Waals surface area contributed by atoms with Crippen LogP contribution in [0.2, 0.25) is 0 Å². The van der Waals surface area contributed by atoms with Crippen LogP contribution in [0.25, 0.3) is 11.1 Å². The van der Waals surface area contributed by atoms with Crippen LogP contribution in [0.15, 0.2) is 42.5 Å². The molecule has 0 aliphatic rings. The molecule has 0 unspecified atom stereocenters. The number of phenolic OH excluding ortho intramolecular Hbond substituents is 1. The Hall–Kier alpha value is -2.47. The number of rotatable bonds is 1. The number of nitrogens with two attached hydrogens (primary N) is 1. The molecule has 0 radical (unpaired) electrons. The number of benzene rings is 2. The van der Waals surface area contributed by atoms with Crippen LogP contribution in [-0.4, -0.2) is 5.11 Å². The van der Waals surface area contributed by atoms with E-state index in [2.05, 4.69) is 6.07 Å². The van der Waals surface area contributed by atoms with E-state index in [9.17, 15) is 5.11 Å². The fraction of sp³-hybridized carbons (Fsp3) is 0. The summed E-state index contributed by atoms with van der Waals surface area (Å²) in [6, 6.07) is 14.0. The van der Waals surface area contributed by atoms with Gasteiger partial charge in [0, 0.05) is 11.3 Å². The first-order chi connectivity index (χ1) is 7.72. The van der Waals surface area contributed by atoms with Gasteiger partial charge in [-0.2, -0.15) is 5.26 Å². The molecule has 3 nitrogen and oxygen atoms in total. The number of anilines is 1. The Labute approximate surface area is 93.4 Å². The van der Waals surface area contributed by atoms with Crippen LogP contribution >= 0.6 is 0 Å². The first kappa shape index (κ1) is 10.1. The number of hydrogen-bond acceptors (Lipinski definition) is 3. The maximum Gasteiger partial charge on any atom is 0.125 e. The van der Waals surface area contributed by atoms with Gasteiger partial charge in [-0.15, -0.1) is 0 Å². The summed E-state index contributed by atoms with van der Waals surface area (Å²) in [5.74, 6) is 0.120. The molecule has 0 fully saturated rings. The third-order valence-electron chi connectivity index (χ3n) is 2.36. The van der Waals surface area contributed by atoms with E-state index in [0.717, 1.165) is 5.56 Å². The van der Waals surface area contributed by atoms with Crippen molar-refractivity contribution in [2.24, 2.45) is 0 Å².